The Hall–Kier alpha value is -0.590. The number of aliphatic hydroxyl groups is 1. The summed E-state index contributed by atoms with van der Waals surface area (Å²) in [5.41, 5.74) is 0. The van der Waals surface area contributed by atoms with Gasteiger partial charge in [0, 0.05) is 26.0 Å². The summed E-state index contributed by atoms with van der Waals surface area (Å²) in [4.78, 5) is 4.11. The smallest absolute Gasteiger partial charge is 0.140 e. The molecule has 0 saturated carbocycles. The molecule has 0 aromatic carbocycles. The van der Waals surface area contributed by atoms with Crippen LogP contribution in [-0.2, 0) is 13.6 Å². The second kappa shape index (κ2) is 7.67. The van der Waals surface area contributed by atoms with E-state index >= 15 is 0 Å². The minimum Gasteiger partial charge on any atom is -0.396 e. The van der Waals surface area contributed by atoms with Crippen molar-refractivity contribution < 1.29 is 5.11 Å². The molecule has 0 bridgehead atoms. The predicted molar refractivity (Wildman–Crippen MR) is 61.7 cm³/mol. The lowest BCUT2D eigenvalue weighted by Crippen LogP contribution is -2.19. The lowest BCUT2D eigenvalue weighted by atomic mass is 10.5. The molecule has 15 heavy (non-hydrogen) atoms. The summed E-state index contributed by atoms with van der Waals surface area (Å²) in [6, 6.07) is 0. The lowest BCUT2D eigenvalue weighted by Gasteiger charge is -2.03. The molecular weight excluding hydrogens is 212 g/mol. The third-order valence-electron chi connectivity index (χ3n) is 1.96. The van der Waals surface area contributed by atoms with Crippen molar-refractivity contribution in [3.05, 3.63) is 12.2 Å². The van der Waals surface area contributed by atoms with Crippen LogP contribution in [0.1, 0.15) is 12.2 Å². The molecular formula is C9H18N4OS. The lowest BCUT2D eigenvalue weighted by molar-refractivity contribution is 0.296. The van der Waals surface area contributed by atoms with Gasteiger partial charge in [-0.1, -0.05) is 0 Å². The van der Waals surface area contributed by atoms with Gasteiger partial charge in [0.25, 0.3) is 0 Å². The second-order valence-corrected chi connectivity index (χ2v) is 4.39. The third-order valence-corrected chi connectivity index (χ3v) is 3.03. The van der Waals surface area contributed by atoms with Crippen LogP contribution in [0.15, 0.2) is 6.33 Å². The summed E-state index contributed by atoms with van der Waals surface area (Å²) in [6.45, 7) is 2.01. The van der Waals surface area contributed by atoms with E-state index in [9.17, 15) is 0 Å². The van der Waals surface area contributed by atoms with Gasteiger partial charge < -0.3 is 10.4 Å². The van der Waals surface area contributed by atoms with Crippen molar-refractivity contribution in [3.63, 3.8) is 0 Å². The van der Waals surface area contributed by atoms with E-state index in [1.54, 1.807) is 11.0 Å². The molecule has 0 atom stereocenters. The highest BCUT2D eigenvalue weighted by Gasteiger charge is 1.98. The molecule has 0 unspecified atom stereocenters. The van der Waals surface area contributed by atoms with Gasteiger partial charge in [0.15, 0.2) is 0 Å². The standard InChI is InChI=1S/C9H18N4OS/c1-13-9(11-8-12-13)7-10-3-6-15-5-2-4-14/h8,10,14H,2-7H2,1H3. The first-order valence-corrected chi connectivity index (χ1v) is 6.22. The third kappa shape index (κ3) is 5.15. The number of nitrogens with one attached hydrogen (secondary N) is 1. The number of thioether (sulfide) groups is 1. The van der Waals surface area contributed by atoms with Crippen LogP contribution < -0.4 is 5.32 Å². The first kappa shape index (κ1) is 12.5. The molecule has 0 radical (unpaired) electrons. The second-order valence-electron chi connectivity index (χ2n) is 3.17. The fourth-order valence-corrected chi connectivity index (χ4v) is 1.92. The van der Waals surface area contributed by atoms with Gasteiger partial charge in [-0.2, -0.15) is 16.9 Å². The maximum Gasteiger partial charge on any atom is 0.140 e. The fraction of sp³-hybridized carbons (Fsp3) is 0.778. The van der Waals surface area contributed by atoms with E-state index in [4.69, 9.17) is 5.11 Å². The number of nitrogens with zero attached hydrogens (tertiary/aromatic N) is 3. The molecule has 1 aromatic heterocycles. The highest BCUT2D eigenvalue weighted by molar-refractivity contribution is 7.99. The molecule has 1 heterocycles. The molecule has 0 fully saturated rings. The molecule has 0 aliphatic rings. The van der Waals surface area contributed by atoms with Crippen molar-refractivity contribution in [3.8, 4) is 0 Å². The highest BCUT2D eigenvalue weighted by Crippen LogP contribution is 2.00. The van der Waals surface area contributed by atoms with Crippen LogP contribution in [0.25, 0.3) is 0 Å². The highest BCUT2D eigenvalue weighted by atomic mass is 32.2. The van der Waals surface area contributed by atoms with Gasteiger partial charge in [0.2, 0.25) is 0 Å². The van der Waals surface area contributed by atoms with Gasteiger partial charge in [-0.15, -0.1) is 0 Å². The Morgan fingerprint density at radius 3 is 3.07 bits per heavy atom. The number of aromatic nitrogens is 3. The van der Waals surface area contributed by atoms with Crippen LogP contribution in [0.4, 0.5) is 0 Å². The van der Waals surface area contributed by atoms with Crippen molar-refractivity contribution in [2.24, 2.45) is 7.05 Å². The Labute approximate surface area is 94.3 Å². The van der Waals surface area contributed by atoms with E-state index in [-0.39, 0.29) is 0 Å². The molecule has 0 aliphatic carbocycles. The zero-order valence-electron chi connectivity index (χ0n) is 9.02. The van der Waals surface area contributed by atoms with E-state index in [1.807, 2.05) is 18.8 Å². The first-order chi connectivity index (χ1) is 7.34. The van der Waals surface area contributed by atoms with Crippen LogP contribution in [-0.4, -0.2) is 44.5 Å². The van der Waals surface area contributed by atoms with Gasteiger partial charge in [0.1, 0.15) is 12.2 Å². The Balaban J connectivity index is 1.96. The Bertz CT molecular complexity index is 266. The zero-order chi connectivity index (χ0) is 10.9. The summed E-state index contributed by atoms with van der Waals surface area (Å²) in [5, 5.41) is 15.9. The minimum absolute atomic E-state index is 0.291. The van der Waals surface area contributed by atoms with Gasteiger partial charge in [-0.25, -0.2) is 4.98 Å². The maximum atomic E-state index is 8.58. The van der Waals surface area contributed by atoms with E-state index in [2.05, 4.69) is 15.4 Å². The topological polar surface area (TPSA) is 63.0 Å². The van der Waals surface area contributed by atoms with E-state index in [1.165, 1.54) is 0 Å². The molecule has 86 valence electrons. The molecule has 0 spiro atoms. The van der Waals surface area contributed by atoms with Gasteiger partial charge >= 0.3 is 0 Å². The quantitative estimate of drug-likeness (QED) is 0.617. The van der Waals surface area contributed by atoms with Crippen molar-refractivity contribution in [1.82, 2.24) is 20.1 Å². The summed E-state index contributed by atoms with van der Waals surface area (Å²) >= 11 is 1.85. The van der Waals surface area contributed by atoms with Gasteiger partial charge in [-0.3, -0.25) is 4.68 Å². The SMILES string of the molecule is Cn1ncnc1CNCCSCCCO. The minimum atomic E-state index is 0.291. The van der Waals surface area contributed by atoms with Crippen molar-refractivity contribution in [2.45, 2.75) is 13.0 Å². The van der Waals surface area contributed by atoms with Crippen LogP contribution in [0.2, 0.25) is 0 Å². The molecule has 2 N–H and O–H groups in total. The Morgan fingerprint density at radius 1 is 1.53 bits per heavy atom. The van der Waals surface area contributed by atoms with Crippen LogP contribution >= 0.6 is 11.8 Å². The van der Waals surface area contributed by atoms with Gasteiger partial charge in [0.05, 0.1) is 6.54 Å². The van der Waals surface area contributed by atoms with E-state index < -0.39 is 0 Å². The van der Waals surface area contributed by atoms with Crippen molar-refractivity contribution in [1.29, 1.82) is 0 Å². The fourth-order valence-electron chi connectivity index (χ4n) is 1.09. The average Bonchev–Trinajstić information content (AvgIpc) is 2.63. The normalized spacial score (nSPS) is 10.8. The molecule has 6 heteroatoms. The number of aliphatic hydroxyl groups excluding tert-OH is 1. The van der Waals surface area contributed by atoms with Crippen LogP contribution in [0.5, 0.6) is 0 Å². The summed E-state index contributed by atoms with van der Waals surface area (Å²) < 4.78 is 1.77. The van der Waals surface area contributed by atoms with Crippen LogP contribution in [0.3, 0.4) is 0 Å². The Morgan fingerprint density at radius 2 is 2.40 bits per heavy atom. The largest absolute Gasteiger partial charge is 0.396 e. The number of hydrogen-bond donors (Lipinski definition) is 2. The predicted octanol–water partition coefficient (Wildman–Crippen LogP) is 0.0203. The summed E-state index contributed by atoms with van der Waals surface area (Å²) in [7, 11) is 1.89. The maximum absolute atomic E-state index is 8.58. The van der Waals surface area contributed by atoms with Gasteiger partial charge in [-0.05, 0) is 12.2 Å². The molecule has 5 nitrogen and oxygen atoms in total. The molecule has 1 rings (SSSR count). The molecule has 1 aromatic rings. The molecule has 0 amide bonds. The number of hydrogen-bond acceptors (Lipinski definition) is 5. The van der Waals surface area contributed by atoms with E-state index in [0.29, 0.717) is 6.61 Å². The molecule has 0 saturated heterocycles. The number of aryl methyl sites for hydroxylation is 1. The van der Waals surface area contributed by atoms with Crippen LogP contribution in [0, 0.1) is 0 Å². The Kier molecular flexibility index (Phi) is 6.38. The first-order valence-electron chi connectivity index (χ1n) is 5.07. The van der Waals surface area contributed by atoms with Crippen molar-refractivity contribution >= 4 is 11.8 Å². The molecule has 0 aliphatic heterocycles. The zero-order valence-corrected chi connectivity index (χ0v) is 9.83. The summed E-state index contributed by atoms with van der Waals surface area (Å²) in [6.07, 6.45) is 2.45. The van der Waals surface area contributed by atoms with Crippen molar-refractivity contribution in [2.75, 3.05) is 24.7 Å². The summed E-state index contributed by atoms with van der Waals surface area (Å²) in [5.74, 6) is 3.05. The average molecular weight is 230 g/mol. The monoisotopic (exact) mass is 230 g/mol. The van der Waals surface area contributed by atoms with E-state index in [0.717, 1.165) is 36.8 Å². The number of rotatable bonds is 8.